The molecule has 0 bridgehead atoms. The maximum atomic E-state index is 12.1. The number of hydrogen-bond donors (Lipinski definition) is 2. The zero-order chi connectivity index (χ0) is 24.4. The van der Waals surface area contributed by atoms with Crippen molar-refractivity contribution in [1.29, 1.82) is 0 Å². The standard InChI is InChI=1S/C28H56N2O3/c1-3-5-7-9-11-13-15-17-19-21-23-30(26-27(31)29-25-28(32)33)24-22-20-18-16-14-12-10-8-6-4-2/h3-26H2,1-2H3,(H,29,31)(H,32,33). The zero-order valence-corrected chi connectivity index (χ0v) is 22.2. The lowest BCUT2D eigenvalue weighted by Crippen LogP contribution is -2.40. The van der Waals surface area contributed by atoms with E-state index in [1.54, 1.807) is 0 Å². The first-order valence-electron chi connectivity index (χ1n) is 14.3. The molecule has 0 fully saturated rings. The number of carboxylic acids is 1. The SMILES string of the molecule is CCCCCCCCCCCCN(CCCCCCCCCCCC)CC(=O)NCC(=O)O. The van der Waals surface area contributed by atoms with Crippen LogP contribution in [-0.4, -0.2) is 48.1 Å². The van der Waals surface area contributed by atoms with Gasteiger partial charge in [0.1, 0.15) is 6.54 Å². The van der Waals surface area contributed by atoms with Crippen molar-refractivity contribution in [2.75, 3.05) is 26.2 Å². The molecule has 0 saturated heterocycles. The first-order valence-corrected chi connectivity index (χ1v) is 14.3. The highest BCUT2D eigenvalue weighted by Gasteiger charge is 2.11. The van der Waals surface area contributed by atoms with Crippen molar-refractivity contribution in [3.63, 3.8) is 0 Å². The minimum absolute atomic E-state index is 0.170. The van der Waals surface area contributed by atoms with Crippen molar-refractivity contribution < 1.29 is 14.7 Å². The van der Waals surface area contributed by atoms with Crippen LogP contribution >= 0.6 is 0 Å². The Kier molecular flexibility index (Phi) is 24.7. The molecule has 0 spiro atoms. The van der Waals surface area contributed by atoms with Gasteiger partial charge < -0.3 is 10.4 Å². The summed E-state index contributed by atoms with van der Waals surface area (Å²) < 4.78 is 0. The number of carbonyl (C=O) groups excluding carboxylic acids is 1. The molecule has 0 aromatic heterocycles. The zero-order valence-electron chi connectivity index (χ0n) is 22.2. The molecule has 0 atom stereocenters. The van der Waals surface area contributed by atoms with Crippen molar-refractivity contribution in [2.45, 2.75) is 142 Å². The fourth-order valence-electron chi connectivity index (χ4n) is 4.35. The van der Waals surface area contributed by atoms with Crippen molar-refractivity contribution in [3.8, 4) is 0 Å². The van der Waals surface area contributed by atoms with E-state index in [4.69, 9.17) is 5.11 Å². The van der Waals surface area contributed by atoms with Gasteiger partial charge in [0, 0.05) is 0 Å². The van der Waals surface area contributed by atoms with Gasteiger partial charge in [0.25, 0.3) is 0 Å². The normalized spacial score (nSPS) is 11.2. The number of nitrogens with zero attached hydrogens (tertiary/aromatic N) is 1. The molecule has 0 aliphatic carbocycles. The summed E-state index contributed by atoms with van der Waals surface area (Å²) in [5.41, 5.74) is 0. The Hall–Kier alpha value is -1.10. The number of carboxylic acid groups (broad SMARTS) is 1. The van der Waals surface area contributed by atoms with Crippen molar-refractivity contribution in [3.05, 3.63) is 0 Å². The number of aliphatic carboxylic acids is 1. The quantitative estimate of drug-likeness (QED) is 0.130. The first kappa shape index (κ1) is 31.9. The third kappa shape index (κ3) is 25.4. The number of rotatable bonds is 26. The van der Waals surface area contributed by atoms with Gasteiger partial charge in [0.2, 0.25) is 5.91 Å². The monoisotopic (exact) mass is 468 g/mol. The molecule has 0 rings (SSSR count). The lowest BCUT2D eigenvalue weighted by molar-refractivity contribution is -0.138. The van der Waals surface area contributed by atoms with Crippen LogP contribution in [0.2, 0.25) is 0 Å². The van der Waals surface area contributed by atoms with Gasteiger partial charge >= 0.3 is 5.97 Å². The smallest absolute Gasteiger partial charge is 0.322 e. The van der Waals surface area contributed by atoms with E-state index in [-0.39, 0.29) is 12.5 Å². The van der Waals surface area contributed by atoms with Gasteiger partial charge in [-0.05, 0) is 25.9 Å². The average Bonchev–Trinajstić information content (AvgIpc) is 2.79. The van der Waals surface area contributed by atoms with E-state index in [0.29, 0.717) is 6.54 Å². The van der Waals surface area contributed by atoms with Gasteiger partial charge in [-0.2, -0.15) is 0 Å². The van der Waals surface area contributed by atoms with Gasteiger partial charge in [-0.25, -0.2) is 0 Å². The van der Waals surface area contributed by atoms with Crippen LogP contribution in [0.3, 0.4) is 0 Å². The Morgan fingerprint density at radius 3 is 1.24 bits per heavy atom. The third-order valence-corrected chi connectivity index (χ3v) is 6.46. The molecule has 0 aromatic carbocycles. The second kappa shape index (κ2) is 25.5. The molecule has 5 heteroatoms. The lowest BCUT2D eigenvalue weighted by atomic mass is 10.1. The Labute approximate surface area is 205 Å². The van der Waals surface area contributed by atoms with Crippen molar-refractivity contribution in [1.82, 2.24) is 10.2 Å². The van der Waals surface area contributed by atoms with Crippen LogP contribution in [0, 0.1) is 0 Å². The first-order chi connectivity index (χ1) is 16.1. The highest BCUT2D eigenvalue weighted by atomic mass is 16.4. The predicted octanol–water partition coefficient (Wildman–Crippen LogP) is 7.33. The predicted molar refractivity (Wildman–Crippen MR) is 141 cm³/mol. The van der Waals surface area contributed by atoms with E-state index in [9.17, 15) is 9.59 Å². The van der Waals surface area contributed by atoms with Crippen molar-refractivity contribution in [2.24, 2.45) is 0 Å². The highest BCUT2D eigenvalue weighted by molar-refractivity contribution is 5.82. The Balaban J connectivity index is 3.94. The summed E-state index contributed by atoms with van der Waals surface area (Å²) >= 11 is 0. The average molecular weight is 469 g/mol. The fraction of sp³-hybridized carbons (Fsp3) is 0.929. The van der Waals surface area contributed by atoms with Gasteiger partial charge in [-0.1, -0.05) is 129 Å². The Morgan fingerprint density at radius 1 is 0.576 bits per heavy atom. The molecule has 0 heterocycles. The number of carbonyl (C=O) groups is 2. The van der Waals surface area contributed by atoms with Crippen LogP contribution in [0.4, 0.5) is 0 Å². The maximum absolute atomic E-state index is 12.1. The molecule has 196 valence electrons. The number of hydrogen-bond acceptors (Lipinski definition) is 3. The summed E-state index contributed by atoms with van der Waals surface area (Å²) in [6.07, 6.45) is 26.2. The molecule has 5 nitrogen and oxygen atoms in total. The largest absolute Gasteiger partial charge is 0.480 e. The molecule has 0 radical (unpaired) electrons. The number of nitrogens with one attached hydrogen (secondary N) is 1. The Morgan fingerprint density at radius 2 is 0.909 bits per heavy atom. The van der Waals surface area contributed by atoms with Gasteiger partial charge in [-0.3, -0.25) is 14.5 Å². The fourth-order valence-corrected chi connectivity index (χ4v) is 4.35. The molecule has 0 aromatic rings. The number of amides is 1. The van der Waals surface area contributed by atoms with Crippen LogP contribution in [0.1, 0.15) is 142 Å². The lowest BCUT2D eigenvalue weighted by Gasteiger charge is -2.21. The van der Waals surface area contributed by atoms with Crippen LogP contribution in [0.5, 0.6) is 0 Å². The van der Waals surface area contributed by atoms with Crippen molar-refractivity contribution >= 4 is 11.9 Å². The summed E-state index contributed by atoms with van der Waals surface area (Å²) in [6.45, 7) is 6.43. The van der Waals surface area contributed by atoms with Gasteiger partial charge in [-0.15, -0.1) is 0 Å². The highest BCUT2D eigenvalue weighted by Crippen LogP contribution is 2.12. The van der Waals surface area contributed by atoms with Crippen LogP contribution < -0.4 is 5.32 Å². The Bertz CT molecular complexity index is 419. The molecule has 1 amide bonds. The van der Waals surface area contributed by atoms with E-state index in [1.165, 1.54) is 116 Å². The van der Waals surface area contributed by atoms with E-state index in [0.717, 1.165) is 25.9 Å². The molecule has 33 heavy (non-hydrogen) atoms. The van der Waals surface area contributed by atoms with E-state index < -0.39 is 5.97 Å². The molecule has 2 N–H and O–H groups in total. The topological polar surface area (TPSA) is 69.6 Å². The van der Waals surface area contributed by atoms with E-state index in [2.05, 4.69) is 24.1 Å². The van der Waals surface area contributed by atoms with Crippen LogP contribution in [0.15, 0.2) is 0 Å². The minimum Gasteiger partial charge on any atom is -0.480 e. The van der Waals surface area contributed by atoms with E-state index in [1.807, 2.05) is 0 Å². The molecule has 0 aliphatic rings. The maximum Gasteiger partial charge on any atom is 0.322 e. The minimum atomic E-state index is -0.987. The summed E-state index contributed by atoms with van der Waals surface area (Å²) in [7, 11) is 0. The van der Waals surface area contributed by atoms with Crippen LogP contribution in [0.25, 0.3) is 0 Å². The summed E-state index contributed by atoms with van der Waals surface area (Å²) in [4.78, 5) is 25.0. The molecule has 0 unspecified atom stereocenters. The molecule has 0 aliphatic heterocycles. The summed E-state index contributed by atoms with van der Waals surface area (Å²) in [6, 6.07) is 0. The summed E-state index contributed by atoms with van der Waals surface area (Å²) in [5.74, 6) is -1.16. The van der Waals surface area contributed by atoms with Gasteiger partial charge in [0.05, 0.1) is 6.54 Å². The molecular formula is C28H56N2O3. The number of unbranched alkanes of at least 4 members (excludes halogenated alkanes) is 18. The third-order valence-electron chi connectivity index (χ3n) is 6.46. The van der Waals surface area contributed by atoms with E-state index >= 15 is 0 Å². The van der Waals surface area contributed by atoms with Crippen LogP contribution in [-0.2, 0) is 9.59 Å². The second-order valence-corrected chi connectivity index (χ2v) is 9.81. The second-order valence-electron chi connectivity index (χ2n) is 9.81. The summed E-state index contributed by atoms with van der Waals surface area (Å²) in [5, 5.41) is 11.3. The van der Waals surface area contributed by atoms with Gasteiger partial charge in [0.15, 0.2) is 0 Å². The molecule has 0 saturated carbocycles. The molecular weight excluding hydrogens is 412 g/mol.